The SMILES string of the molecule is C=C1C(=O)N[C@H](CCSC)C(=O)N[C@@H](CC(C)C)C(=O)N[C@@H](C(=O)O)CC(=O)N[C@@H](CCCN=C(N)N)C(=O)N[C@@H](/C=C/C(C)=C/[C@H](C)[C@H](Cc2ccccc2)OC)[C@H](C)C(=O)N[C@@H](C(=O)O)CCC(=O)N1C. The third kappa shape index (κ3) is 22.3. The Morgan fingerprint density at radius 1 is 0.877 bits per heavy atom. The summed E-state index contributed by atoms with van der Waals surface area (Å²) in [5.41, 5.74) is 12.4. The zero-order valence-electron chi connectivity index (χ0n) is 43.1. The molecule has 23 heteroatoms. The van der Waals surface area contributed by atoms with E-state index in [1.165, 1.54) is 31.8 Å². The minimum atomic E-state index is -1.86. The molecule has 1 saturated heterocycles. The fraction of sp³-hybridized carbons (Fsp3) is 0.560. The highest BCUT2D eigenvalue weighted by Crippen LogP contribution is 2.19. The van der Waals surface area contributed by atoms with Gasteiger partial charge >= 0.3 is 11.9 Å². The Hall–Kier alpha value is -6.75. The molecule has 0 saturated carbocycles. The molecule has 1 aromatic rings. The van der Waals surface area contributed by atoms with E-state index in [-0.39, 0.29) is 56.1 Å². The number of hydrogen-bond donors (Lipinski definition) is 10. The van der Waals surface area contributed by atoms with Gasteiger partial charge in [0.25, 0.3) is 5.91 Å². The lowest BCUT2D eigenvalue weighted by Gasteiger charge is -2.27. The number of nitrogens with zero attached hydrogens (tertiary/aromatic N) is 2. The number of aliphatic imine (C=N–C) groups is 1. The van der Waals surface area contributed by atoms with Crippen LogP contribution in [0.5, 0.6) is 0 Å². The maximum atomic E-state index is 14.3. The molecule has 0 radical (unpaired) electrons. The van der Waals surface area contributed by atoms with Gasteiger partial charge in [-0.2, -0.15) is 11.8 Å². The lowest BCUT2D eigenvalue weighted by atomic mass is 9.94. The van der Waals surface area contributed by atoms with E-state index in [2.05, 4.69) is 43.5 Å². The molecule has 0 bridgehead atoms. The van der Waals surface area contributed by atoms with Gasteiger partial charge in [-0.15, -0.1) is 0 Å². The van der Waals surface area contributed by atoms with Gasteiger partial charge in [0.1, 0.15) is 35.9 Å². The first-order valence-electron chi connectivity index (χ1n) is 24.1. The maximum absolute atomic E-state index is 14.3. The number of rotatable bonds is 18. The van der Waals surface area contributed by atoms with Gasteiger partial charge in [0, 0.05) is 33.0 Å². The number of nitrogens with one attached hydrogen (secondary N) is 6. The smallest absolute Gasteiger partial charge is 0.326 e. The standard InChI is InChI=1S/C50H76N10O12S/c1-28(2)24-38-47(67)59-39(49(70)71)27-41(61)54-35(16-13-22-53-50(51)52)45(65)55-34(18-17-29(3)25-30(4)40(72-8)26-33-14-11-10-12-15-33)31(5)43(63)57-37(48(68)69)19-20-42(62)60(7)32(6)44(64)56-36(21-23-73-9)46(66)58-38/h10-12,14-15,17-18,25,28,30-31,34-40H,6,13,16,19-24,26-27H2,1-5,7-9H3,(H,54,61)(H,55,65)(H,56,64)(H,57,63)(H,58,66)(H,59,67)(H,68,69)(H,70,71)(H4,51,52,53)/b18-17+,29-25+/t30-,31-,34-,35-,36+,37+,38-,39+,40-/m0/s1. The molecule has 73 heavy (non-hydrogen) atoms. The number of carbonyl (C=O) groups is 9. The van der Waals surface area contributed by atoms with Gasteiger partial charge in [-0.1, -0.05) is 88.4 Å². The van der Waals surface area contributed by atoms with E-state index < -0.39 is 120 Å². The molecule has 9 atom stereocenters. The summed E-state index contributed by atoms with van der Waals surface area (Å²) in [5, 5.41) is 35.7. The van der Waals surface area contributed by atoms with Crippen LogP contribution in [0.3, 0.4) is 0 Å². The van der Waals surface area contributed by atoms with Crippen molar-refractivity contribution in [3.63, 3.8) is 0 Å². The minimum absolute atomic E-state index is 0.0142. The van der Waals surface area contributed by atoms with E-state index in [0.29, 0.717) is 17.7 Å². The van der Waals surface area contributed by atoms with E-state index in [1.54, 1.807) is 40.2 Å². The molecule has 0 unspecified atom stereocenters. The van der Waals surface area contributed by atoms with Crippen molar-refractivity contribution in [1.82, 2.24) is 36.8 Å². The van der Waals surface area contributed by atoms with Crippen LogP contribution in [0.1, 0.15) is 85.1 Å². The number of likely N-dealkylation sites (N-methyl/N-ethyl adjacent to an activating group) is 1. The van der Waals surface area contributed by atoms with Crippen LogP contribution in [0.15, 0.2) is 71.4 Å². The summed E-state index contributed by atoms with van der Waals surface area (Å²) in [6.07, 6.45) is 5.63. The van der Waals surface area contributed by atoms with Gasteiger partial charge in [-0.25, -0.2) is 9.59 Å². The molecule has 1 aliphatic heterocycles. The van der Waals surface area contributed by atoms with Crippen molar-refractivity contribution >= 4 is 71.0 Å². The average Bonchev–Trinajstić information content (AvgIpc) is 3.33. The highest BCUT2D eigenvalue weighted by atomic mass is 32.2. The van der Waals surface area contributed by atoms with Crippen LogP contribution in [0.4, 0.5) is 0 Å². The summed E-state index contributed by atoms with van der Waals surface area (Å²) in [4.78, 5) is 127. The van der Waals surface area contributed by atoms with Gasteiger partial charge in [-0.05, 0) is 68.9 Å². The molecule has 1 aromatic carbocycles. The summed E-state index contributed by atoms with van der Waals surface area (Å²) in [5.74, 6) is -10.6. The first-order valence-corrected chi connectivity index (χ1v) is 25.5. The Bertz CT molecular complexity index is 2180. The lowest BCUT2D eigenvalue weighted by molar-refractivity contribution is -0.144. The summed E-state index contributed by atoms with van der Waals surface area (Å²) < 4.78 is 5.82. The quantitative estimate of drug-likeness (QED) is 0.0324. The summed E-state index contributed by atoms with van der Waals surface area (Å²) in [6, 6.07) is 1.11. The van der Waals surface area contributed by atoms with Crippen molar-refractivity contribution in [1.29, 1.82) is 0 Å². The molecule has 1 fully saturated rings. The number of amides is 7. The van der Waals surface area contributed by atoms with Crippen molar-refractivity contribution in [3.8, 4) is 0 Å². The van der Waals surface area contributed by atoms with E-state index in [1.807, 2.05) is 43.3 Å². The van der Waals surface area contributed by atoms with E-state index in [4.69, 9.17) is 16.2 Å². The Kier molecular flexibility index (Phi) is 27.0. The number of carboxylic acids is 2. The van der Waals surface area contributed by atoms with E-state index >= 15 is 0 Å². The zero-order valence-corrected chi connectivity index (χ0v) is 43.9. The van der Waals surface area contributed by atoms with Gasteiger partial charge in [0.15, 0.2) is 5.96 Å². The molecule has 1 heterocycles. The first kappa shape index (κ1) is 62.4. The van der Waals surface area contributed by atoms with Crippen LogP contribution in [-0.2, 0) is 54.3 Å². The van der Waals surface area contributed by atoms with Crippen LogP contribution in [-0.4, -0.2) is 149 Å². The topological polar surface area (TPSA) is 343 Å². The summed E-state index contributed by atoms with van der Waals surface area (Å²) in [6.45, 7) is 12.5. The molecular weight excluding hydrogens is 965 g/mol. The number of ether oxygens (including phenoxy) is 1. The Morgan fingerprint density at radius 2 is 1.48 bits per heavy atom. The fourth-order valence-electron chi connectivity index (χ4n) is 7.63. The normalized spacial score (nSPS) is 23.9. The number of aliphatic carboxylic acids is 2. The minimum Gasteiger partial charge on any atom is -0.480 e. The number of hydrogen-bond acceptors (Lipinski definition) is 12. The molecule has 22 nitrogen and oxygen atoms in total. The monoisotopic (exact) mass is 1040 g/mol. The van der Waals surface area contributed by atoms with Crippen LogP contribution in [0.25, 0.3) is 0 Å². The molecule has 0 spiro atoms. The van der Waals surface area contributed by atoms with Crippen LogP contribution in [0, 0.1) is 17.8 Å². The summed E-state index contributed by atoms with van der Waals surface area (Å²) >= 11 is 1.36. The third-order valence-electron chi connectivity index (χ3n) is 12.0. The van der Waals surface area contributed by atoms with Gasteiger partial charge in [0.05, 0.1) is 24.5 Å². The molecule has 1 aliphatic rings. The molecule has 0 aromatic heterocycles. The van der Waals surface area contributed by atoms with Crippen molar-refractivity contribution in [3.05, 3.63) is 72.0 Å². The third-order valence-corrected chi connectivity index (χ3v) is 12.6. The predicted octanol–water partition coefficient (Wildman–Crippen LogP) is 1.11. The van der Waals surface area contributed by atoms with Gasteiger partial charge < -0.3 is 63.2 Å². The Balaban J connectivity index is 2.73. The van der Waals surface area contributed by atoms with Crippen LogP contribution < -0.4 is 43.4 Å². The van der Waals surface area contributed by atoms with Crippen molar-refractivity contribution < 1.29 is 58.1 Å². The number of methoxy groups -OCH3 is 1. The predicted molar refractivity (Wildman–Crippen MR) is 277 cm³/mol. The van der Waals surface area contributed by atoms with Gasteiger partial charge in [-0.3, -0.25) is 38.6 Å². The highest BCUT2D eigenvalue weighted by molar-refractivity contribution is 7.98. The maximum Gasteiger partial charge on any atom is 0.326 e. The second-order valence-corrected chi connectivity index (χ2v) is 19.4. The van der Waals surface area contributed by atoms with E-state index in [9.17, 15) is 53.4 Å². The molecule has 404 valence electrons. The number of guanidine groups is 1. The molecule has 0 aliphatic carbocycles. The molecule has 7 amide bonds. The highest BCUT2D eigenvalue weighted by Gasteiger charge is 2.35. The fourth-order valence-corrected chi connectivity index (χ4v) is 8.11. The average molecular weight is 1040 g/mol. The molecule has 2 rings (SSSR count). The summed E-state index contributed by atoms with van der Waals surface area (Å²) in [7, 11) is 2.84. The lowest BCUT2D eigenvalue weighted by Crippen LogP contribution is -2.57. The van der Waals surface area contributed by atoms with Crippen LogP contribution >= 0.6 is 11.8 Å². The molecule has 12 N–H and O–H groups in total. The van der Waals surface area contributed by atoms with Crippen LogP contribution in [0.2, 0.25) is 0 Å². The second kappa shape index (κ2) is 31.7. The zero-order chi connectivity index (χ0) is 54.9. The number of carboxylic acid groups (broad SMARTS) is 2. The number of benzene rings is 1. The largest absolute Gasteiger partial charge is 0.480 e. The number of thioether (sulfide) groups is 1. The second-order valence-electron chi connectivity index (χ2n) is 18.4. The number of carbonyl (C=O) groups excluding carboxylic acids is 7. The first-order chi connectivity index (χ1) is 34.4. The number of allylic oxidation sites excluding steroid dienone is 2. The number of nitrogens with two attached hydrogens (primary N) is 2. The Morgan fingerprint density at radius 3 is 2.07 bits per heavy atom. The van der Waals surface area contributed by atoms with Crippen molar-refractivity contribution in [2.75, 3.05) is 32.7 Å². The molecular formula is C50H76N10O12S. The van der Waals surface area contributed by atoms with E-state index in [0.717, 1.165) is 10.5 Å². The van der Waals surface area contributed by atoms with Crippen molar-refractivity contribution in [2.24, 2.45) is 34.2 Å². The van der Waals surface area contributed by atoms with Crippen molar-refractivity contribution in [2.45, 2.75) is 128 Å². The Labute approximate surface area is 431 Å². The van der Waals surface area contributed by atoms with Gasteiger partial charge in [0.2, 0.25) is 35.4 Å².